The van der Waals surface area contributed by atoms with Gasteiger partial charge in [-0.2, -0.15) is 0 Å². The van der Waals surface area contributed by atoms with E-state index >= 15 is 0 Å². The van der Waals surface area contributed by atoms with Crippen LogP contribution in [-0.2, 0) is 15.4 Å². The number of aromatic nitrogens is 1. The number of pyridine rings is 1. The highest BCUT2D eigenvalue weighted by Gasteiger charge is 2.05. The third kappa shape index (κ3) is 6.00. The lowest BCUT2D eigenvalue weighted by Crippen LogP contribution is -2.10. The summed E-state index contributed by atoms with van der Waals surface area (Å²) < 4.78 is 16.7. The molecule has 0 unspecified atom stereocenters. The van der Waals surface area contributed by atoms with Crippen LogP contribution in [0.5, 0.6) is 5.88 Å². The van der Waals surface area contributed by atoms with E-state index in [-0.39, 0.29) is 0 Å². The smallest absolute Gasteiger partial charge is 0.217 e. The summed E-state index contributed by atoms with van der Waals surface area (Å²) in [6.45, 7) is 2.38. The highest BCUT2D eigenvalue weighted by molar-refractivity contribution is 9.10. The zero-order valence-electron chi connectivity index (χ0n) is 10.3. The summed E-state index contributed by atoms with van der Waals surface area (Å²) in [5.74, 6) is 0.935. The Kier molecular flexibility index (Phi) is 8.33. The maximum atomic E-state index is 5.82. The van der Waals surface area contributed by atoms with Crippen molar-refractivity contribution >= 4 is 27.5 Å². The molecule has 1 aromatic heterocycles. The first-order valence-electron chi connectivity index (χ1n) is 5.67. The molecule has 0 aromatic carbocycles. The van der Waals surface area contributed by atoms with Crippen LogP contribution in [0.25, 0.3) is 0 Å². The molecule has 18 heavy (non-hydrogen) atoms. The van der Waals surface area contributed by atoms with Crippen LogP contribution in [0, 0.1) is 0 Å². The van der Waals surface area contributed by atoms with Crippen LogP contribution in [0.4, 0.5) is 0 Å². The Morgan fingerprint density at radius 2 is 2.11 bits per heavy atom. The van der Waals surface area contributed by atoms with Gasteiger partial charge in [0.2, 0.25) is 5.88 Å². The minimum absolute atomic E-state index is 0.371. The van der Waals surface area contributed by atoms with Gasteiger partial charge in [0.05, 0.1) is 12.5 Å². The van der Waals surface area contributed by atoms with Gasteiger partial charge in [-0.25, -0.2) is 4.98 Å². The molecular weight excluding hydrogens is 321 g/mol. The topological polar surface area (TPSA) is 40.6 Å². The number of nitrogens with zero attached hydrogens (tertiary/aromatic N) is 1. The van der Waals surface area contributed by atoms with E-state index < -0.39 is 0 Å². The minimum Gasteiger partial charge on any atom is -0.475 e. The molecular formula is C12H17BrClNO3. The van der Waals surface area contributed by atoms with E-state index in [0.29, 0.717) is 38.2 Å². The SMILES string of the molecule is COCCCOCCOc1ncc(Br)cc1CCl. The van der Waals surface area contributed by atoms with Gasteiger partial charge >= 0.3 is 0 Å². The number of alkyl halides is 1. The molecule has 0 amide bonds. The van der Waals surface area contributed by atoms with Gasteiger partial charge in [0, 0.05) is 36.6 Å². The third-order valence-corrected chi connectivity index (χ3v) is 2.86. The van der Waals surface area contributed by atoms with E-state index in [1.807, 2.05) is 6.07 Å². The monoisotopic (exact) mass is 337 g/mol. The number of hydrogen-bond acceptors (Lipinski definition) is 4. The second-order valence-electron chi connectivity index (χ2n) is 3.56. The fourth-order valence-electron chi connectivity index (χ4n) is 1.30. The van der Waals surface area contributed by atoms with Crippen LogP contribution in [0.3, 0.4) is 0 Å². The van der Waals surface area contributed by atoms with Gasteiger partial charge < -0.3 is 14.2 Å². The van der Waals surface area contributed by atoms with Crippen molar-refractivity contribution in [3.63, 3.8) is 0 Å². The first kappa shape index (κ1) is 15.7. The highest BCUT2D eigenvalue weighted by atomic mass is 79.9. The molecule has 0 atom stereocenters. The van der Waals surface area contributed by atoms with Gasteiger partial charge in [-0.05, 0) is 28.4 Å². The van der Waals surface area contributed by atoms with E-state index in [0.717, 1.165) is 16.5 Å². The van der Waals surface area contributed by atoms with Crippen LogP contribution < -0.4 is 4.74 Å². The minimum atomic E-state index is 0.371. The van der Waals surface area contributed by atoms with Crippen molar-refractivity contribution in [1.29, 1.82) is 0 Å². The molecule has 0 bridgehead atoms. The first-order chi connectivity index (χ1) is 8.77. The molecule has 0 radical (unpaired) electrons. The van der Waals surface area contributed by atoms with Crippen molar-refractivity contribution in [2.75, 3.05) is 33.5 Å². The quantitative estimate of drug-likeness (QED) is 0.512. The highest BCUT2D eigenvalue weighted by Crippen LogP contribution is 2.21. The van der Waals surface area contributed by atoms with E-state index in [4.69, 9.17) is 25.8 Å². The number of hydrogen-bond donors (Lipinski definition) is 0. The van der Waals surface area contributed by atoms with Gasteiger partial charge in [-0.3, -0.25) is 0 Å². The molecule has 0 aliphatic heterocycles. The Morgan fingerprint density at radius 1 is 1.28 bits per heavy atom. The summed E-state index contributed by atoms with van der Waals surface area (Å²) in [6.07, 6.45) is 2.57. The summed E-state index contributed by atoms with van der Waals surface area (Å²) in [7, 11) is 1.68. The fourth-order valence-corrected chi connectivity index (χ4v) is 1.87. The molecule has 1 rings (SSSR count). The van der Waals surface area contributed by atoms with E-state index in [2.05, 4.69) is 20.9 Å². The molecule has 0 spiro atoms. The molecule has 4 nitrogen and oxygen atoms in total. The van der Waals surface area contributed by atoms with Gasteiger partial charge in [0.1, 0.15) is 6.61 Å². The molecule has 0 aliphatic carbocycles. The molecule has 0 fully saturated rings. The summed E-state index contributed by atoms with van der Waals surface area (Å²) in [4.78, 5) is 4.17. The van der Waals surface area contributed by atoms with Crippen LogP contribution in [-0.4, -0.2) is 38.5 Å². The fraction of sp³-hybridized carbons (Fsp3) is 0.583. The maximum Gasteiger partial charge on any atom is 0.217 e. The summed E-state index contributed by atoms with van der Waals surface area (Å²) in [5.41, 5.74) is 0.866. The predicted molar refractivity (Wildman–Crippen MR) is 74.3 cm³/mol. The van der Waals surface area contributed by atoms with E-state index in [9.17, 15) is 0 Å². The van der Waals surface area contributed by atoms with Crippen LogP contribution in [0.2, 0.25) is 0 Å². The molecule has 0 aliphatic rings. The third-order valence-electron chi connectivity index (χ3n) is 2.14. The van der Waals surface area contributed by atoms with Crippen molar-refractivity contribution in [3.05, 3.63) is 22.3 Å². The van der Waals surface area contributed by atoms with Gasteiger partial charge in [-0.15, -0.1) is 11.6 Å². The van der Waals surface area contributed by atoms with Crippen molar-refractivity contribution in [1.82, 2.24) is 4.98 Å². The van der Waals surface area contributed by atoms with E-state index in [1.165, 1.54) is 0 Å². The van der Waals surface area contributed by atoms with Gasteiger partial charge in [0.25, 0.3) is 0 Å². The molecule has 0 N–H and O–H groups in total. The lowest BCUT2D eigenvalue weighted by Gasteiger charge is -2.09. The Morgan fingerprint density at radius 3 is 2.83 bits per heavy atom. The maximum absolute atomic E-state index is 5.82. The number of methoxy groups -OCH3 is 1. The number of halogens is 2. The van der Waals surface area contributed by atoms with E-state index in [1.54, 1.807) is 13.3 Å². The average molecular weight is 339 g/mol. The zero-order valence-corrected chi connectivity index (χ0v) is 12.7. The second-order valence-corrected chi connectivity index (χ2v) is 4.74. The molecule has 102 valence electrons. The van der Waals surface area contributed by atoms with Gasteiger partial charge in [0.15, 0.2) is 0 Å². The molecule has 1 heterocycles. The number of ether oxygens (including phenoxy) is 3. The lowest BCUT2D eigenvalue weighted by molar-refractivity contribution is 0.0793. The summed E-state index contributed by atoms with van der Waals surface area (Å²) >= 11 is 9.16. The lowest BCUT2D eigenvalue weighted by atomic mass is 10.3. The van der Waals surface area contributed by atoms with Crippen molar-refractivity contribution in [2.24, 2.45) is 0 Å². The van der Waals surface area contributed by atoms with Crippen molar-refractivity contribution in [2.45, 2.75) is 12.3 Å². The summed E-state index contributed by atoms with van der Waals surface area (Å²) in [6, 6.07) is 1.90. The predicted octanol–water partition coefficient (Wildman–Crippen LogP) is 3.01. The second kappa shape index (κ2) is 9.55. The van der Waals surface area contributed by atoms with Crippen LogP contribution in [0.1, 0.15) is 12.0 Å². The average Bonchev–Trinajstić information content (AvgIpc) is 2.39. The Hall–Kier alpha value is -0.360. The van der Waals surface area contributed by atoms with Crippen molar-refractivity contribution in [3.8, 4) is 5.88 Å². The van der Waals surface area contributed by atoms with Crippen molar-refractivity contribution < 1.29 is 14.2 Å². The molecule has 0 saturated carbocycles. The normalized spacial score (nSPS) is 10.6. The number of rotatable bonds is 9. The Bertz CT molecular complexity index is 352. The first-order valence-corrected chi connectivity index (χ1v) is 7.00. The zero-order chi connectivity index (χ0) is 13.2. The largest absolute Gasteiger partial charge is 0.475 e. The summed E-state index contributed by atoms with van der Waals surface area (Å²) in [5, 5.41) is 0. The van der Waals surface area contributed by atoms with Crippen LogP contribution in [0.15, 0.2) is 16.7 Å². The standard InChI is InChI=1S/C12H17BrClNO3/c1-16-3-2-4-17-5-6-18-12-10(8-14)7-11(13)9-15-12/h7,9H,2-6,8H2,1H3. The Balaban J connectivity index is 2.22. The Labute approximate surface area is 121 Å². The molecule has 0 saturated heterocycles. The van der Waals surface area contributed by atoms with Crippen LogP contribution >= 0.6 is 27.5 Å². The molecule has 6 heteroatoms. The van der Waals surface area contributed by atoms with Gasteiger partial charge in [-0.1, -0.05) is 0 Å². The molecule has 1 aromatic rings.